The van der Waals surface area contributed by atoms with Gasteiger partial charge in [-0.3, -0.25) is 4.79 Å². The number of rotatable bonds is 6. The number of Topliss-reactive ketones (excluding diaryl/α,β-unsaturated/α-hetero) is 1. The van der Waals surface area contributed by atoms with Crippen LogP contribution in [0.4, 0.5) is 0 Å². The summed E-state index contributed by atoms with van der Waals surface area (Å²) in [6.45, 7) is 2.22. The summed E-state index contributed by atoms with van der Waals surface area (Å²) in [6, 6.07) is 18.4. The van der Waals surface area contributed by atoms with Crippen molar-refractivity contribution in [3.05, 3.63) is 81.5 Å². The van der Waals surface area contributed by atoms with Gasteiger partial charge in [-0.1, -0.05) is 29.5 Å². The number of nitrogens with zero attached hydrogens (tertiary/aromatic N) is 3. The van der Waals surface area contributed by atoms with E-state index >= 15 is 0 Å². The van der Waals surface area contributed by atoms with Gasteiger partial charge in [-0.05, 0) is 48.9 Å². The molecule has 2 aromatic heterocycles. The Morgan fingerprint density at radius 3 is 2.57 bits per heavy atom. The normalized spacial score (nSPS) is 10.9. The molecule has 2 aromatic carbocycles. The van der Waals surface area contributed by atoms with Gasteiger partial charge >= 0.3 is 5.97 Å². The van der Waals surface area contributed by atoms with Gasteiger partial charge in [0.15, 0.2) is 6.61 Å². The van der Waals surface area contributed by atoms with E-state index in [1.54, 1.807) is 18.2 Å². The summed E-state index contributed by atoms with van der Waals surface area (Å²) in [5.41, 5.74) is 3.18. The molecule has 7 heteroatoms. The molecular formula is C21H17N3O3S. The number of ether oxygens (including phenoxy) is 1. The average molecular weight is 391 g/mol. The van der Waals surface area contributed by atoms with Crippen LogP contribution in [-0.4, -0.2) is 33.4 Å². The van der Waals surface area contributed by atoms with Crippen LogP contribution in [0.1, 0.15) is 30.5 Å². The first-order chi connectivity index (χ1) is 13.6. The van der Waals surface area contributed by atoms with Crippen LogP contribution in [0.3, 0.4) is 0 Å². The summed E-state index contributed by atoms with van der Waals surface area (Å²) >= 11 is 1.39. The van der Waals surface area contributed by atoms with Crippen LogP contribution in [0.25, 0.3) is 11.0 Å². The molecule has 0 aliphatic rings. The van der Waals surface area contributed by atoms with Crippen molar-refractivity contribution in [2.45, 2.75) is 13.5 Å². The lowest BCUT2D eigenvalue weighted by Crippen LogP contribution is -2.13. The summed E-state index contributed by atoms with van der Waals surface area (Å²) in [4.78, 5) is 25.9. The standard InChI is InChI=1S/C21H17N3O3S/c1-14-6-11-20(28-14)19(25)13-27-21(26)16-9-7-15(8-10-16)12-24-18-5-3-2-4-17(18)22-23-24/h2-11H,12-13H2,1H3. The summed E-state index contributed by atoms with van der Waals surface area (Å²) < 4.78 is 6.96. The molecule has 0 aliphatic carbocycles. The number of thiophene rings is 1. The molecule has 0 amide bonds. The summed E-state index contributed by atoms with van der Waals surface area (Å²) in [7, 11) is 0. The van der Waals surface area contributed by atoms with Crippen molar-refractivity contribution >= 4 is 34.1 Å². The van der Waals surface area contributed by atoms with Gasteiger partial charge < -0.3 is 4.74 Å². The Labute approximate surface area is 165 Å². The first-order valence-corrected chi connectivity index (χ1v) is 9.56. The smallest absolute Gasteiger partial charge is 0.338 e. The molecule has 6 nitrogen and oxygen atoms in total. The molecule has 140 valence electrons. The summed E-state index contributed by atoms with van der Waals surface area (Å²) in [6.07, 6.45) is 0. The Morgan fingerprint density at radius 1 is 1.04 bits per heavy atom. The molecule has 0 spiro atoms. The number of para-hydroxylation sites is 1. The fourth-order valence-electron chi connectivity index (χ4n) is 2.82. The van der Waals surface area contributed by atoms with E-state index in [0.717, 1.165) is 21.5 Å². The van der Waals surface area contributed by atoms with E-state index < -0.39 is 5.97 Å². The minimum atomic E-state index is -0.514. The Bertz CT molecular complexity index is 1150. The fourth-order valence-corrected chi connectivity index (χ4v) is 3.62. The van der Waals surface area contributed by atoms with Gasteiger partial charge in [0, 0.05) is 4.88 Å². The van der Waals surface area contributed by atoms with Crippen LogP contribution in [0, 0.1) is 6.92 Å². The summed E-state index contributed by atoms with van der Waals surface area (Å²) in [5.74, 6) is -0.708. The number of fused-ring (bicyclic) bond motifs is 1. The maximum Gasteiger partial charge on any atom is 0.338 e. The minimum absolute atomic E-state index is 0.193. The molecule has 0 atom stereocenters. The Hall–Kier alpha value is -3.32. The van der Waals surface area contributed by atoms with Gasteiger partial charge in [-0.25, -0.2) is 9.48 Å². The SMILES string of the molecule is Cc1ccc(C(=O)COC(=O)c2ccc(Cn3nnc4ccccc43)cc2)s1. The zero-order valence-electron chi connectivity index (χ0n) is 15.2. The fraction of sp³-hybridized carbons (Fsp3) is 0.143. The molecular weight excluding hydrogens is 374 g/mol. The molecule has 28 heavy (non-hydrogen) atoms. The van der Waals surface area contributed by atoms with Crippen LogP contribution >= 0.6 is 11.3 Å². The molecule has 0 saturated carbocycles. The van der Waals surface area contributed by atoms with E-state index in [9.17, 15) is 9.59 Å². The van der Waals surface area contributed by atoms with Gasteiger partial charge in [0.2, 0.25) is 5.78 Å². The molecule has 0 radical (unpaired) electrons. The van der Waals surface area contributed by atoms with Gasteiger partial charge in [0.1, 0.15) is 5.52 Å². The molecule has 0 N–H and O–H groups in total. The zero-order chi connectivity index (χ0) is 19.5. The van der Waals surface area contributed by atoms with E-state index in [-0.39, 0.29) is 12.4 Å². The summed E-state index contributed by atoms with van der Waals surface area (Å²) in [5, 5.41) is 8.30. The number of carbonyl (C=O) groups is 2. The second-order valence-electron chi connectivity index (χ2n) is 6.34. The largest absolute Gasteiger partial charge is 0.454 e. The predicted octanol–water partition coefficient (Wildman–Crippen LogP) is 3.89. The molecule has 2 heterocycles. The highest BCUT2D eigenvalue weighted by Crippen LogP contribution is 2.16. The second kappa shape index (κ2) is 7.74. The first-order valence-electron chi connectivity index (χ1n) is 8.74. The highest BCUT2D eigenvalue weighted by molar-refractivity contribution is 7.14. The van der Waals surface area contributed by atoms with Crippen LogP contribution in [0.5, 0.6) is 0 Å². The third-order valence-corrected chi connectivity index (χ3v) is 5.33. The lowest BCUT2D eigenvalue weighted by atomic mass is 10.1. The van der Waals surface area contributed by atoms with Crippen molar-refractivity contribution in [2.24, 2.45) is 0 Å². The topological polar surface area (TPSA) is 74.1 Å². The molecule has 4 aromatic rings. The van der Waals surface area contributed by atoms with E-state index in [1.165, 1.54) is 11.3 Å². The van der Waals surface area contributed by atoms with Crippen molar-refractivity contribution in [3.8, 4) is 0 Å². The van der Waals surface area contributed by atoms with Gasteiger partial charge in [-0.15, -0.1) is 16.4 Å². The number of aromatic nitrogens is 3. The molecule has 0 saturated heterocycles. The highest BCUT2D eigenvalue weighted by Gasteiger charge is 2.13. The maximum absolute atomic E-state index is 12.2. The van der Waals surface area contributed by atoms with E-state index in [0.29, 0.717) is 17.0 Å². The van der Waals surface area contributed by atoms with Crippen molar-refractivity contribution in [3.63, 3.8) is 0 Å². The second-order valence-corrected chi connectivity index (χ2v) is 7.63. The van der Waals surface area contributed by atoms with E-state index in [4.69, 9.17) is 4.74 Å². The molecule has 4 rings (SSSR count). The van der Waals surface area contributed by atoms with Crippen LogP contribution in [-0.2, 0) is 11.3 Å². The number of esters is 1. The maximum atomic E-state index is 12.2. The van der Waals surface area contributed by atoms with E-state index in [1.807, 2.05) is 54.1 Å². The van der Waals surface area contributed by atoms with Crippen LogP contribution in [0.2, 0.25) is 0 Å². The molecule has 0 bridgehead atoms. The molecule has 0 fully saturated rings. The number of ketones is 1. The van der Waals surface area contributed by atoms with Crippen molar-refractivity contribution in [1.29, 1.82) is 0 Å². The Morgan fingerprint density at radius 2 is 1.82 bits per heavy atom. The minimum Gasteiger partial charge on any atom is -0.454 e. The first kappa shape index (κ1) is 18.1. The van der Waals surface area contributed by atoms with Gasteiger partial charge in [0.25, 0.3) is 0 Å². The molecule has 0 unspecified atom stereocenters. The van der Waals surface area contributed by atoms with Crippen LogP contribution < -0.4 is 0 Å². The van der Waals surface area contributed by atoms with Crippen molar-refractivity contribution in [2.75, 3.05) is 6.61 Å². The third-order valence-electron chi connectivity index (χ3n) is 4.29. The average Bonchev–Trinajstić information content (AvgIpc) is 3.33. The Balaban J connectivity index is 1.38. The van der Waals surface area contributed by atoms with Crippen molar-refractivity contribution in [1.82, 2.24) is 15.0 Å². The zero-order valence-corrected chi connectivity index (χ0v) is 16.0. The van der Waals surface area contributed by atoms with Gasteiger partial charge in [-0.2, -0.15) is 0 Å². The number of hydrogen-bond acceptors (Lipinski definition) is 6. The quantitative estimate of drug-likeness (QED) is 0.368. The number of aryl methyl sites for hydroxylation is 1. The monoisotopic (exact) mass is 391 g/mol. The number of carbonyl (C=O) groups excluding carboxylic acids is 2. The van der Waals surface area contributed by atoms with Crippen LogP contribution in [0.15, 0.2) is 60.7 Å². The number of benzene rings is 2. The lowest BCUT2D eigenvalue weighted by molar-refractivity contribution is 0.0476. The Kier molecular flexibility index (Phi) is 4.99. The lowest BCUT2D eigenvalue weighted by Gasteiger charge is -2.06. The number of hydrogen-bond donors (Lipinski definition) is 0. The van der Waals surface area contributed by atoms with E-state index in [2.05, 4.69) is 10.3 Å². The van der Waals surface area contributed by atoms with Crippen molar-refractivity contribution < 1.29 is 14.3 Å². The third kappa shape index (κ3) is 3.84. The van der Waals surface area contributed by atoms with Gasteiger partial charge in [0.05, 0.1) is 22.5 Å². The highest BCUT2D eigenvalue weighted by atomic mass is 32.1. The molecule has 0 aliphatic heterocycles. The predicted molar refractivity (Wildman–Crippen MR) is 107 cm³/mol.